The highest BCUT2D eigenvalue weighted by Crippen LogP contribution is 2.34. The van der Waals surface area contributed by atoms with Gasteiger partial charge in [-0.15, -0.1) is 11.8 Å². The second kappa shape index (κ2) is 7.57. The minimum Gasteiger partial charge on any atom is -0.469 e. The molecule has 0 saturated carbocycles. The number of amides is 1. The maximum absolute atomic E-state index is 12.2. The SMILES string of the molecule is COC(=O)C(Cc1ccco1)N1C(=O)CC1SCc1ccccc1. The number of benzene rings is 1. The van der Waals surface area contributed by atoms with E-state index >= 15 is 0 Å². The lowest BCUT2D eigenvalue weighted by atomic mass is 10.0. The summed E-state index contributed by atoms with van der Waals surface area (Å²) in [6, 6.07) is 13.0. The fourth-order valence-electron chi connectivity index (χ4n) is 2.73. The van der Waals surface area contributed by atoms with Crippen LogP contribution in [0.5, 0.6) is 0 Å². The monoisotopic (exact) mass is 345 g/mol. The predicted molar refractivity (Wildman–Crippen MR) is 91.2 cm³/mol. The highest BCUT2D eigenvalue weighted by Gasteiger charge is 2.44. The standard InChI is InChI=1S/C18H19NO4S/c1-22-18(21)15(10-14-8-5-9-23-14)19-16(20)11-17(19)24-12-13-6-3-2-4-7-13/h2-9,15,17H,10-12H2,1H3. The summed E-state index contributed by atoms with van der Waals surface area (Å²) in [5.74, 6) is 1.02. The minimum absolute atomic E-state index is 0.0169. The third-order valence-electron chi connectivity index (χ3n) is 4.02. The summed E-state index contributed by atoms with van der Waals surface area (Å²) in [6.45, 7) is 0. The zero-order chi connectivity index (χ0) is 16.9. The summed E-state index contributed by atoms with van der Waals surface area (Å²) in [5, 5.41) is -0.0169. The fraction of sp³-hybridized carbons (Fsp3) is 0.333. The van der Waals surface area contributed by atoms with Gasteiger partial charge < -0.3 is 14.1 Å². The minimum atomic E-state index is -0.643. The molecule has 0 aliphatic carbocycles. The van der Waals surface area contributed by atoms with E-state index in [2.05, 4.69) is 12.1 Å². The molecule has 5 nitrogen and oxygen atoms in total. The molecule has 1 aromatic carbocycles. The van der Waals surface area contributed by atoms with Crippen molar-refractivity contribution in [2.75, 3.05) is 7.11 Å². The molecule has 24 heavy (non-hydrogen) atoms. The Morgan fingerprint density at radius 2 is 2.12 bits per heavy atom. The van der Waals surface area contributed by atoms with Crippen molar-refractivity contribution >= 4 is 23.6 Å². The van der Waals surface area contributed by atoms with Crippen LogP contribution in [-0.4, -0.2) is 35.3 Å². The van der Waals surface area contributed by atoms with Gasteiger partial charge in [0, 0.05) is 12.2 Å². The van der Waals surface area contributed by atoms with Crippen LogP contribution in [0.3, 0.4) is 0 Å². The lowest BCUT2D eigenvalue weighted by molar-refractivity contribution is -0.159. The predicted octanol–water partition coefficient (Wildman–Crippen LogP) is 2.86. The molecule has 2 heterocycles. The molecule has 0 spiro atoms. The molecule has 1 fully saturated rings. The number of furan rings is 1. The molecule has 1 aliphatic rings. The Hall–Kier alpha value is -2.21. The summed E-state index contributed by atoms with van der Waals surface area (Å²) in [4.78, 5) is 25.9. The number of carbonyl (C=O) groups is 2. The van der Waals surface area contributed by atoms with E-state index < -0.39 is 12.0 Å². The van der Waals surface area contributed by atoms with Crippen molar-refractivity contribution in [2.24, 2.45) is 0 Å². The molecule has 1 amide bonds. The number of ether oxygens (including phenoxy) is 1. The lowest BCUT2D eigenvalue weighted by Crippen LogP contribution is -2.59. The third-order valence-corrected chi connectivity index (χ3v) is 5.29. The van der Waals surface area contributed by atoms with Crippen molar-refractivity contribution in [1.29, 1.82) is 0 Å². The maximum Gasteiger partial charge on any atom is 0.329 e. The van der Waals surface area contributed by atoms with Crippen LogP contribution in [0.2, 0.25) is 0 Å². The van der Waals surface area contributed by atoms with Gasteiger partial charge in [-0.1, -0.05) is 30.3 Å². The molecule has 1 saturated heterocycles. The largest absolute Gasteiger partial charge is 0.469 e. The molecule has 1 aliphatic heterocycles. The number of methoxy groups -OCH3 is 1. The number of rotatable bonds is 7. The summed E-state index contributed by atoms with van der Waals surface area (Å²) in [6.07, 6.45) is 2.33. The van der Waals surface area contributed by atoms with Gasteiger partial charge in [0.2, 0.25) is 5.91 Å². The second-order valence-corrected chi connectivity index (χ2v) is 6.74. The van der Waals surface area contributed by atoms with Crippen LogP contribution < -0.4 is 0 Å². The number of likely N-dealkylation sites (tertiary alicyclic amines) is 1. The smallest absolute Gasteiger partial charge is 0.329 e. The van der Waals surface area contributed by atoms with Crippen LogP contribution in [0.1, 0.15) is 17.7 Å². The molecule has 0 N–H and O–H groups in total. The van der Waals surface area contributed by atoms with E-state index in [9.17, 15) is 9.59 Å². The van der Waals surface area contributed by atoms with Crippen LogP contribution in [0.15, 0.2) is 53.1 Å². The zero-order valence-electron chi connectivity index (χ0n) is 13.4. The number of esters is 1. The highest BCUT2D eigenvalue weighted by atomic mass is 32.2. The molecule has 2 aromatic rings. The number of hydrogen-bond acceptors (Lipinski definition) is 5. The van der Waals surface area contributed by atoms with E-state index in [1.54, 1.807) is 35.1 Å². The van der Waals surface area contributed by atoms with Crippen molar-refractivity contribution in [2.45, 2.75) is 30.0 Å². The average Bonchev–Trinajstić information content (AvgIpc) is 3.11. The average molecular weight is 345 g/mol. The Balaban J connectivity index is 1.68. The van der Waals surface area contributed by atoms with E-state index in [0.717, 1.165) is 5.75 Å². The number of thioether (sulfide) groups is 1. The first-order valence-electron chi connectivity index (χ1n) is 7.76. The van der Waals surface area contributed by atoms with Crippen molar-refractivity contribution in [3.05, 3.63) is 60.1 Å². The van der Waals surface area contributed by atoms with Crippen LogP contribution in [-0.2, 0) is 26.5 Å². The Morgan fingerprint density at radius 1 is 1.33 bits per heavy atom. The Labute approximate surface area is 145 Å². The maximum atomic E-state index is 12.2. The molecule has 6 heteroatoms. The molecular weight excluding hydrogens is 326 g/mol. The summed E-state index contributed by atoms with van der Waals surface area (Å²) in [7, 11) is 1.34. The number of β-lactam (4-membered cyclic amide) rings is 1. The van der Waals surface area contributed by atoms with Crippen molar-refractivity contribution in [1.82, 2.24) is 4.90 Å². The van der Waals surface area contributed by atoms with Gasteiger partial charge >= 0.3 is 5.97 Å². The summed E-state index contributed by atoms with van der Waals surface area (Å²) < 4.78 is 10.2. The van der Waals surface area contributed by atoms with Gasteiger partial charge in [0.15, 0.2) is 0 Å². The first kappa shape index (κ1) is 16.6. The molecule has 2 unspecified atom stereocenters. The molecule has 3 rings (SSSR count). The molecule has 0 bridgehead atoms. The van der Waals surface area contributed by atoms with Gasteiger partial charge in [0.1, 0.15) is 11.8 Å². The Bertz CT molecular complexity index is 686. The van der Waals surface area contributed by atoms with Crippen molar-refractivity contribution in [3.63, 3.8) is 0 Å². The molecule has 126 valence electrons. The summed E-state index contributed by atoms with van der Waals surface area (Å²) >= 11 is 1.66. The first-order chi connectivity index (χ1) is 11.7. The van der Waals surface area contributed by atoms with E-state index in [-0.39, 0.29) is 11.3 Å². The number of hydrogen-bond donors (Lipinski definition) is 0. The zero-order valence-corrected chi connectivity index (χ0v) is 14.2. The number of nitrogens with zero attached hydrogens (tertiary/aromatic N) is 1. The molecule has 2 atom stereocenters. The quantitative estimate of drug-likeness (QED) is 0.570. The van der Waals surface area contributed by atoms with Crippen LogP contribution in [0, 0.1) is 0 Å². The van der Waals surface area contributed by atoms with Crippen LogP contribution in [0.25, 0.3) is 0 Å². The fourth-order valence-corrected chi connectivity index (χ4v) is 4.00. The van der Waals surface area contributed by atoms with E-state index in [4.69, 9.17) is 9.15 Å². The molecule has 0 radical (unpaired) electrons. The normalized spacial score (nSPS) is 18.1. The van der Waals surface area contributed by atoms with Gasteiger partial charge in [-0.2, -0.15) is 0 Å². The number of carbonyl (C=O) groups excluding carboxylic acids is 2. The second-order valence-electron chi connectivity index (χ2n) is 5.58. The topological polar surface area (TPSA) is 59.8 Å². The van der Waals surface area contributed by atoms with Crippen molar-refractivity contribution in [3.8, 4) is 0 Å². The third kappa shape index (κ3) is 3.64. The highest BCUT2D eigenvalue weighted by molar-refractivity contribution is 7.99. The van der Waals surface area contributed by atoms with E-state index in [1.807, 2.05) is 18.2 Å². The van der Waals surface area contributed by atoms with Crippen LogP contribution >= 0.6 is 11.8 Å². The van der Waals surface area contributed by atoms with Crippen LogP contribution in [0.4, 0.5) is 0 Å². The Kier molecular flexibility index (Phi) is 5.25. The van der Waals surface area contributed by atoms with Gasteiger partial charge in [-0.05, 0) is 17.7 Å². The van der Waals surface area contributed by atoms with Gasteiger partial charge in [-0.3, -0.25) is 4.79 Å². The first-order valence-corrected chi connectivity index (χ1v) is 8.81. The van der Waals surface area contributed by atoms with E-state index in [0.29, 0.717) is 18.6 Å². The summed E-state index contributed by atoms with van der Waals surface area (Å²) in [5.41, 5.74) is 1.20. The van der Waals surface area contributed by atoms with Crippen molar-refractivity contribution < 1.29 is 18.7 Å². The molecule has 1 aromatic heterocycles. The van der Waals surface area contributed by atoms with Gasteiger partial charge in [0.05, 0.1) is 25.2 Å². The van der Waals surface area contributed by atoms with Gasteiger partial charge in [-0.25, -0.2) is 4.79 Å². The van der Waals surface area contributed by atoms with Gasteiger partial charge in [0.25, 0.3) is 0 Å². The lowest BCUT2D eigenvalue weighted by Gasteiger charge is -2.43. The molecular formula is C18H19NO4S. The Morgan fingerprint density at radius 3 is 2.75 bits per heavy atom. The van der Waals surface area contributed by atoms with E-state index in [1.165, 1.54) is 12.7 Å².